The molecule has 4 nitrogen and oxygen atoms in total. The van der Waals surface area contributed by atoms with Gasteiger partial charge in [-0.05, 0) is 48.5 Å². The Morgan fingerprint density at radius 2 is 2.00 bits per heavy atom. The third-order valence-electron chi connectivity index (χ3n) is 5.77. The van der Waals surface area contributed by atoms with Gasteiger partial charge in [-0.3, -0.25) is 4.79 Å². The minimum atomic E-state index is 0.0282. The smallest absolute Gasteiger partial charge is 0.230 e. The van der Waals surface area contributed by atoms with Gasteiger partial charge in [0.2, 0.25) is 5.91 Å². The van der Waals surface area contributed by atoms with E-state index in [4.69, 9.17) is 0 Å². The number of hydrogen-bond acceptors (Lipinski definition) is 3. The normalized spacial score (nSPS) is 18.7. The topological polar surface area (TPSA) is 57.3 Å². The van der Waals surface area contributed by atoms with Gasteiger partial charge in [0.15, 0.2) is 0 Å². The molecule has 5 heteroatoms. The molecule has 1 amide bonds. The maximum Gasteiger partial charge on any atom is 0.230 e. The molecule has 0 saturated heterocycles. The average Bonchev–Trinajstić information content (AvgIpc) is 3.10. The summed E-state index contributed by atoms with van der Waals surface area (Å²) in [6, 6.07) is 12.9. The maximum absolute atomic E-state index is 12.5. The fraction of sp³-hybridized carbons (Fsp3) is 0.391. The Bertz CT molecular complexity index is 923. The zero-order valence-electron chi connectivity index (χ0n) is 16.1. The molecule has 0 spiro atoms. The number of aryl methyl sites for hydroxylation is 1. The Hall–Kier alpha value is -2.42. The number of nitrogens with one attached hydrogen (secondary N) is 2. The van der Waals surface area contributed by atoms with Crippen molar-refractivity contribution in [2.24, 2.45) is 0 Å². The van der Waals surface area contributed by atoms with E-state index in [0.29, 0.717) is 12.0 Å². The first-order valence-electron chi connectivity index (χ1n) is 10.2. The van der Waals surface area contributed by atoms with Gasteiger partial charge >= 0.3 is 0 Å². The summed E-state index contributed by atoms with van der Waals surface area (Å²) in [7, 11) is 0. The fourth-order valence-corrected chi connectivity index (χ4v) is 5.43. The molecule has 2 aromatic rings. The summed E-state index contributed by atoms with van der Waals surface area (Å²) in [5.74, 6) is 0.0282. The van der Waals surface area contributed by atoms with Gasteiger partial charge in [-0.25, -0.2) is 0 Å². The Balaban J connectivity index is 1.31. The summed E-state index contributed by atoms with van der Waals surface area (Å²) >= 11 is 1.60. The second kappa shape index (κ2) is 8.72. The third-order valence-corrected chi connectivity index (χ3v) is 6.98. The molecule has 1 aliphatic carbocycles. The summed E-state index contributed by atoms with van der Waals surface area (Å²) in [4.78, 5) is 15.2. The lowest BCUT2D eigenvalue weighted by atomic mass is 9.96. The standard InChI is InChI=1S/C23H25N3OS/c24-16-20-19-8-4-5-9-21(19)28-23(20)25-22(27)12-15-26-13-10-18(11-14-26)17-6-2-1-3-7-17/h1-3,6-7,10H,4-5,8-9,11-15H2,(H,25,27)/p+1. The largest absolute Gasteiger partial charge is 0.331 e. The Labute approximate surface area is 170 Å². The lowest BCUT2D eigenvalue weighted by Gasteiger charge is -2.23. The number of carbonyl (C=O) groups is 1. The van der Waals surface area contributed by atoms with Crippen molar-refractivity contribution in [1.29, 1.82) is 5.26 Å². The number of hydrogen-bond donors (Lipinski definition) is 2. The van der Waals surface area contributed by atoms with E-state index >= 15 is 0 Å². The zero-order valence-corrected chi connectivity index (χ0v) is 16.9. The van der Waals surface area contributed by atoms with Crippen LogP contribution < -0.4 is 10.2 Å². The molecule has 1 aromatic heterocycles. The summed E-state index contributed by atoms with van der Waals surface area (Å²) in [5, 5.41) is 13.3. The number of rotatable bonds is 5. The van der Waals surface area contributed by atoms with Gasteiger partial charge in [0.25, 0.3) is 0 Å². The molecule has 2 aliphatic rings. The number of anilines is 1. The van der Waals surface area contributed by atoms with Crippen LogP contribution in [0, 0.1) is 11.3 Å². The molecule has 2 N–H and O–H groups in total. The molecule has 1 atom stereocenters. The van der Waals surface area contributed by atoms with Gasteiger partial charge in [-0.15, -0.1) is 11.3 Å². The zero-order chi connectivity index (χ0) is 19.3. The monoisotopic (exact) mass is 392 g/mol. The number of benzene rings is 1. The van der Waals surface area contributed by atoms with E-state index < -0.39 is 0 Å². The van der Waals surface area contributed by atoms with E-state index in [-0.39, 0.29) is 5.91 Å². The second-order valence-corrected chi connectivity index (χ2v) is 8.73. The van der Waals surface area contributed by atoms with Crippen LogP contribution in [0.25, 0.3) is 5.57 Å². The molecule has 0 bridgehead atoms. The molecule has 0 radical (unpaired) electrons. The van der Waals surface area contributed by atoms with E-state index in [1.165, 1.54) is 32.9 Å². The lowest BCUT2D eigenvalue weighted by Crippen LogP contribution is -3.12. The van der Waals surface area contributed by atoms with E-state index in [0.717, 1.165) is 50.3 Å². The van der Waals surface area contributed by atoms with Crippen molar-refractivity contribution in [1.82, 2.24) is 0 Å². The first kappa shape index (κ1) is 18.9. The van der Waals surface area contributed by atoms with E-state index in [1.807, 2.05) is 6.07 Å². The summed E-state index contributed by atoms with van der Waals surface area (Å²) in [5.41, 5.74) is 4.60. The minimum absolute atomic E-state index is 0.0282. The van der Waals surface area contributed by atoms with Crippen LogP contribution in [0.4, 0.5) is 5.00 Å². The highest BCUT2D eigenvalue weighted by atomic mass is 32.1. The van der Waals surface area contributed by atoms with Crippen molar-refractivity contribution >= 4 is 27.8 Å². The van der Waals surface area contributed by atoms with Crippen LogP contribution >= 0.6 is 11.3 Å². The van der Waals surface area contributed by atoms with E-state index in [9.17, 15) is 10.1 Å². The number of amides is 1. The molecule has 144 valence electrons. The number of carbonyl (C=O) groups excluding carboxylic acids is 1. The van der Waals surface area contributed by atoms with Crippen LogP contribution in [0.5, 0.6) is 0 Å². The SMILES string of the molecule is N#Cc1c(NC(=O)CC[NH+]2CC=C(c3ccccc3)CC2)sc2c1CCCC2. The van der Waals surface area contributed by atoms with Crippen molar-refractivity contribution in [2.45, 2.75) is 38.5 Å². The van der Waals surface area contributed by atoms with Gasteiger partial charge in [-0.2, -0.15) is 5.26 Å². The van der Waals surface area contributed by atoms with Crippen LogP contribution in [-0.4, -0.2) is 25.5 Å². The first-order valence-corrected chi connectivity index (χ1v) is 11.0. The van der Waals surface area contributed by atoms with Crippen molar-refractivity contribution in [3.05, 3.63) is 58.0 Å². The summed E-state index contributed by atoms with van der Waals surface area (Å²) in [6.45, 7) is 2.86. The van der Waals surface area contributed by atoms with Gasteiger partial charge in [0, 0.05) is 11.3 Å². The molecule has 1 aromatic carbocycles. The van der Waals surface area contributed by atoms with E-state index in [1.54, 1.807) is 11.3 Å². The predicted molar refractivity (Wildman–Crippen MR) is 114 cm³/mol. The second-order valence-electron chi connectivity index (χ2n) is 7.62. The summed E-state index contributed by atoms with van der Waals surface area (Å²) < 4.78 is 0. The highest BCUT2D eigenvalue weighted by Gasteiger charge is 2.22. The van der Waals surface area contributed by atoms with E-state index in [2.05, 4.69) is 41.7 Å². The number of quaternary nitrogens is 1. The van der Waals surface area contributed by atoms with Crippen molar-refractivity contribution in [3.63, 3.8) is 0 Å². The van der Waals surface area contributed by atoms with Gasteiger partial charge < -0.3 is 10.2 Å². The number of nitriles is 1. The van der Waals surface area contributed by atoms with Crippen molar-refractivity contribution in [3.8, 4) is 6.07 Å². The molecule has 0 fully saturated rings. The Morgan fingerprint density at radius 3 is 2.75 bits per heavy atom. The van der Waals surface area contributed by atoms with Crippen LogP contribution in [0.3, 0.4) is 0 Å². The predicted octanol–water partition coefficient (Wildman–Crippen LogP) is 3.20. The van der Waals surface area contributed by atoms with Gasteiger partial charge in [0.05, 0.1) is 31.6 Å². The molecular weight excluding hydrogens is 366 g/mol. The highest BCUT2D eigenvalue weighted by Crippen LogP contribution is 2.37. The van der Waals surface area contributed by atoms with Crippen LogP contribution in [0.15, 0.2) is 36.4 Å². The Kier molecular flexibility index (Phi) is 5.90. The average molecular weight is 393 g/mol. The lowest BCUT2D eigenvalue weighted by molar-refractivity contribution is -0.894. The molecule has 4 rings (SSSR count). The van der Waals surface area contributed by atoms with Gasteiger partial charge in [-0.1, -0.05) is 30.3 Å². The number of thiophene rings is 1. The van der Waals surface area contributed by atoms with Crippen molar-refractivity contribution < 1.29 is 9.69 Å². The molecular formula is C23H26N3OS+. The molecule has 28 heavy (non-hydrogen) atoms. The maximum atomic E-state index is 12.5. The van der Waals surface area contributed by atoms with Crippen LogP contribution in [0.1, 0.15) is 47.3 Å². The fourth-order valence-electron chi connectivity index (χ4n) is 4.18. The molecule has 1 aliphatic heterocycles. The van der Waals surface area contributed by atoms with Crippen LogP contribution in [-0.2, 0) is 17.6 Å². The molecule has 0 saturated carbocycles. The number of fused-ring (bicyclic) bond motifs is 1. The molecule has 2 heterocycles. The van der Waals surface area contributed by atoms with Crippen LogP contribution in [0.2, 0.25) is 0 Å². The third kappa shape index (κ3) is 4.19. The highest BCUT2D eigenvalue weighted by molar-refractivity contribution is 7.16. The van der Waals surface area contributed by atoms with Gasteiger partial charge in [0.1, 0.15) is 11.1 Å². The minimum Gasteiger partial charge on any atom is -0.331 e. The summed E-state index contributed by atoms with van der Waals surface area (Å²) in [6.07, 6.45) is 8.20. The number of nitrogens with zero attached hydrogens (tertiary/aromatic N) is 1. The molecule has 1 unspecified atom stereocenters. The quantitative estimate of drug-likeness (QED) is 0.821. The first-order chi connectivity index (χ1) is 13.7. The van der Waals surface area contributed by atoms with Crippen molar-refractivity contribution in [2.75, 3.05) is 25.0 Å². The Morgan fingerprint density at radius 1 is 1.18 bits per heavy atom.